The van der Waals surface area contributed by atoms with Gasteiger partial charge in [0, 0.05) is 43.6 Å². The maximum absolute atomic E-state index is 13.3. The molecular weight excluding hydrogens is 362 g/mol. The molecule has 0 bridgehead atoms. The molecule has 1 spiro atoms. The number of hydrogen-bond acceptors (Lipinski definition) is 3. The number of likely N-dealkylation sites (tertiary alicyclic amines) is 1. The molecule has 27 heavy (non-hydrogen) atoms. The Morgan fingerprint density at radius 3 is 2.93 bits per heavy atom. The minimum Gasteiger partial charge on any atom is -0.340 e. The van der Waals surface area contributed by atoms with E-state index in [2.05, 4.69) is 34.5 Å². The molecule has 2 saturated heterocycles. The molecule has 2 heterocycles. The first-order chi connectivity index (χ1) is 12.7. The highest BCUT2D eigenvalue weighted by Gasteiger charge is 2.62. The van der Waals surface area contributed by atoms with E-state index in [9.17, 15) is 9.59 Å². The van der Waals surface area contributed by atoms with E-state index < -0.39 is 0 Å². The van der Waals surface area contributed by atoms with Crippen LogP contribution >= 0.6 is 12.4 Å². The van der Waals surface area contributed by atoms with Gasteiger partial charge >= 0.3 is 0 Å². The van der Waals surface area contributed by atoms with Crippen molar-refractivity contribution in [1.29, 1.82) is 0 Å². The summed E-state index contributed by atoms with van der Waals surface area (Å²) in [6, 6.07) is 8.87. The second-order valence-electron chi connectivity index (χ2n) is 8.41. The molecule has 0 aromatic heterocycles. The summed E-state index contributed by atoms with van der Waals surface area (Å²) in [6.45, 7) is 3.64. The largest absolute Gasteiger partial charge is 0.340 e. The highest BCUT2D eigenvalue weighted by Crippen LogP contribution is 2.62. The molecule has 3 unspecified atom stereocenters. The summed E-state index contributed by atoms with van der Waals surface area (Å²) in [5.74, 6) is 0.667. The van der Waals surface area contributed by atoms with Gasteiger partial charge in [-0.25, -0.2) is 0 Å². The Labute approximate surface area is 166 Å². The number of carbonyl (C=O) groups excluding carboxylic acids is 2. The fraction of sp³-hybridized carbons (Fsp3) is 0.619. The van der Waals surface area contributed by atoms with Gasteiger partial charge in [0.2, 0.25) is 11.8 Å². The molecule has 2 aliphatic carbocycles. The van der Waals surface area contributed by atoms with Crippen LogP contribution in [-0.4, -0.2) is 60.4 Å². The fourth-order valence-electron chi connectivity index (χ4n) is 5.56. The van der Waals surface area contributed by atoms with Gasteiger partial charge in [0.05, 0.1) is 6.54 Å². The van der Waals surface area contributed by atoms with Crippen LogP contribution in [-0.2, 0) is 21.4 Å². The number of nitrogens with zero attached hydrogens (tertiary/aromatic N) is 2. The second-order valence-corrected chi connectivity index (χ2v) is 8.41. The number of aryl methyl sites for hydroxylation is 1. The Hall–Kier alpha value is -1.59. The fourth-order valence-corrected chi connectivity index (χ4v) is 5.56. The zero-order chi connectivity index (χ0) is 17.7. The molecule has 146 valence electrons. The van der Waals surface area contributed by atoms with Crippen LogP contribution in [0.3, 0.4) is 0 Å². The lowest BCUT2D eigenvalue weighted by molar-refractivity contribution is -0.141. The SMILES string of the molecule is Cl.O=C(C1CC12CCc1ccccc12)N1CCCC(N2CCNCC2=O)C1. The van der Waals surface area contributed by atoms with Crippen LogP contribution in [0, 0.1) is 5.92 Å². The number of carbonyl (C=O) groups is 2. The van der Waals surface area contributed by atoms with E-state index in [-0.39, 0.29) is 35.7 Å². The van der Waals surface area contributed by atoms with Crippen molar-refractivity contribution in [1.82, 2.24) is 15.1 Å². The van der Waals surface area contributed by atoms with Gasteiger partial charge < -0.3 is 15.1 Å². The van der Waals surface area contributed by atoms with Crippen molar-refractivity contribution in [3.05, 3.63) is 35.4 Å². The number of benzene rings is 1. The van der Waals surface area contributed by atoms with Crippen molar-refractivity contribution >= 4 is 24.2 Å². The van der Waals surface area contributed by atoms with Gasteiger partial charge in [-0.05, 0) is 43.2 Å². The summed E-state index contributed by atoms with van der Waals surface area (Å²) in [5, 5.41) is 3.14. The van der Waals surface area contributed by atoms with Crippen LogP contribution in [0.4, 0.5) is 0 Å². The first-order valence-electron chi connectivity index (χ1n) is 10.1. The predicted octanol–water partition coefficient (Wildman–Crippen LogP) is 1.74. The molecule has 1 N–H and O–H groups in total. The molecular formula is C21H28ClN3O2. The first kappa shape index (κ1) is 18.8. The van der Waals surface area contributed by atoms with E-state index in [1.807, 2.05) is 4.90 Å². The van der Waals surface area contributed by atoms with Crippen molar-refractivity contribution < 1.29 is 9.59 Å². The molecule has 5 rings (SSSR count). The van der Waals surface area contributed by atoms with Gasteiger partial charge in [0.25, 0.3) is 0 Å². The summed E-state index contributed by atoms with van der Waals surface area (Å²) < 4.78 is 0. The van der Waals surface area contributed by atoms with Gasteiger partial charge in [-0.2, -0.15) is 0 Å². The first-order valence-corrected chi connectivity index (χ1v) is 10.1. The second kappa shape index (κ2) is 7.10. The lowest BCUT2D eigenvalue weighted by Crippen LogP contribution is -2.57. The molecule has 3 atom stereocenters. The van der Waals surface area contributed by atoms with Gasteiger partial charge in [-0.3, -0.25) is 9.59 Å². The van der Waals surface area contributed by atoms with Crippen LogP contribution in [0.5, 0.6) is 0 Å². The summed E-state index contributed by atoms with van der Waals surface area (Å²) in [4.78, 5) is 29.5. The maximum Gasteiger partial charge on any atom is 0.236 e. The van der Waals surface area contributed by atoms with Gasteiger partial charge in [0.1, 0.15) is 0 Å². The lowest BCUT2D eigenvalue weighted by Gasteiger charge is -2.41. The Bertz CT molecular complexity index is 755. The molecule has 0 radical (unpaired) electrons. The van der Waals surface area contributed by atoms with Crippen molar-refractivity contribution in [3.63, 3.8) is 0 Å². The van der Waals surface area contributed by atoms with Gasteiger partial charge in [0.15, 0.2) is 0 Å². The number of amides is 2. The molecule has 1 saturated carbocycles. The van der Waals surface area contributed by atoms with Gasteiger partial charge in [-0.1, -0.05) is 24.3 Å². The summed E-state index contributed by atoms with van der Waals surface area (Å²) in [7, 11) is 0. The summed E-state index contributed by atoms with van der Waals surface area (Å²) >= 11 is 0. The zero-order valence-electron chi connectivity index (χ0n) is 15.7. The molecule has 4 aliphatic rings. The Morgan fingerprint density at radius 2 is 2.07 bits per heavy atom. The normalized spacial score (nSPS) is 32.2. The minimum absolute atomic E-state index is 0. The molecule has 3 fully saturated rings. The quantitative estimate of drug-likeness (QED) is 0.838. The summed E-state index contributed by atoms with van der Waals surface area (Å²) in [5.41, 5.74) is 2.97. The lowest BCUT2D eigenvalue weighted by atomic mass is 9.94. The third-order valence-electron chi connectivity index (χ3n) is 7.04. The van der Waals surface area contributed by atoms with Crippen molar-refractivity contribution in [2.75, 3.05) is 32.7 Å². The summed E-state index contributed by atoms with van der Waals surface area (Å²) in [6.07, 6.45) is 5.27. The van der Waals surface area contributed by atoms with E-state index >= 15 is 0 Å². The molecule has 6 heteroatoms. The number of fused-ring (bicyclic) bond motifs is 2. The van der Waals surface area contributed by atoms with Crippen LogP contribution in [0.15, 0.2) is 24.3 Å². The Balaban J connectivity index is 0.00000180. The van der Waals surface area contributed by atoms with Gasteiger partial charge in [-0.15, -0.1) is 12.4 Å². The smallest absolute Gasteiger partial charge is 0.236 e. The number of piperidine rings is 1. The van der Waals surface area contributed by atoms with Crippen molar-refractivity contribution in [2.24, 2.45) is 5.92 Å². The minimum atomic E-state index is 0. The Kier molecular flexibility index (Phi) is 4.93. The standard InChI is InChI=1S/C21H27N3O2.ClH/c25-19-13-22-9-11-24(19)16-5-3-10-23(14-16)20(26)18-12-21(18)8-7-15-4-1-2-6-17(15)21;/h1-2,4,6,16,18,22H,3,5,7-14H2;1H. The number of piperazine rings is 1. The van der Waals surface area contributed by atoms with E-state index in [0.29, 0.717) is 12.5 Å². The molecule has 1 aromatic rings. The van der Waals surface area contributed by atoms with Crippen LogP contribution in [0.2, 0.25) is 0 Å². The van der Waals surface area contributed by atoms with Crippen LogP contribution in [0.1, 0.15) is 36.8 Å². The molecule has 5 nitrogen and oxygen atoms in total. The number of nitrogens with one attached hydrogen (secondary N) is 1. The van der Waals surface area contributed by atoms with Crippen molar-refractivity contribution in [3.8, 4) is 0 Å². The average Bonchev–Trinajstić information content (AvgIpc) is 3.30. The molecule has 2 amide bonds. The number of rotatable bonds is 2. The monoisotopic (exact) mass is 389 g/mol. The van der Waals surface area contributed by atoms with E-state index in [0.717, 1.165) is 58.3 Å². The van der Waals surface area contributed by atoms with Crippen LogP contribution < -0.4 is 5.32 Å². The predicted molar refractivity (Wildman–Crippen MR) is 106 cm³/mol. The highest BCUT2D eigenvalue weighted by atomic mass is 35.5. The molecule has 1 aromatic carbocycles. The van der Waals surface area contributed by atoms with E-state index in [1.54, 1.807) is 0 Å². The topological polar surface area (TPSA) is 52.7 Å². The average molecular weight is 390 g/mol. The number of halogens is 1. The van der Waals surface area contributed by atoms with E-state index in [1.165, 1.54) is 11.1 Å². The zero-order valence-corrected chi connectivity index (χ0v) is 16.5. The third-order valence-corrected chi connectivity index (χ3v) is 7.04. The maximum atomic E-state index is 13.3. The Morgan fingerprint density at radius 1 is 1.22 bits per heavy atom. The van der Waals surface area contributed by atoms with Crippen LogP contribution in [0.25, 0.3) is 0 Å². The highest BCUT2D eigenvalue weighted by molar-refractivity contribution is 5.86. The third kappa shape index (κ3) is 3.05. The van der Waals surface area contributed by atoms with Crippen molar-refractivity contribution in [2.45, 2.75) is 43.6 Å². The molecule has 2 aliphatic heterocycles. The number of hydrogen-bond donors (Lipinski definition) is 1. The van der Waals surface area contributed by atoms with E-state index in [4.69, 9.17) is 0 Å².